The molecular formula is C22H21F6NO2S. The van der Waals surface area contributed by atoms with Gasteiger partial charge in [-0.3, -0.25) is 0 Å². The Bertz CT molecular complexity index is 1040. The number of anilines is 1. The van der Waals surface area contributed by atoms with E-state index >= 15 is 0 Å². The number of aliphatic hydroxyl groups is 1. The van der Waals surface area contributed by atoms with Crippen LogP contribution in [0.4, 0.5) is 32.0 Å². The fraction of sp³-hybridized carbons (Fsp3) is 0.455. The fourth-order valence-electron chi connectivity index (χ4n) is 4.67. The summed E-state index contributed by atoms with van der Waals surface area (Å²) in [5.74, 6) is 1.18. The van der Waals surface area contributed by atoms with Crippen LogP contribution in [-0.4, -0.2) is 30.3 Å². The smallest absolute Gasteiger partial charge is 0.430 e. The van der Waals surface area contributed by atoms with Gasteiger partial charge in [-0.05, 0) is 34.7 Å². The summed E-state index contributed by atoms with van der Waals surface area (Å²) >= 11 is 1.55. The number of hydrogen-bond acceptors (Lipinski definition) is 4. The van der Waals surface area contributed by atoms with Gasteiger partial charge in [0.15, 0.2) is 0 Å². The van der Waals surface area contributed by atoms with Gasteiger partial charge in [-0.2, -0.15) is 26.3 Å². The normalized spacial score (nSPS) is 22.3. The molecule has 2 heterocycles. The first-order chi connectivity index (χ1) is 14.7. The lowest BCUT2D eigenvalue weighted by Crippen LogP contribution is -2.54. The minimum absolute atomic E-state index is 0.125. The van der Waals surface area contributed by atoms with Gasteiger partial charge in [0.2, 0.25) is 0 Å². The number of benzene rings is 2. The first-order valence-electron chi connectivity index (χ1n) is 9.80. The molecule has 2 aromatic rings. The average Bonchev–Trinajstić information content (AvgIpc) is 2.70. The summed E-state index contributed by atoms with van der Waals surface area (Å²) in [6, 6.07) is 8.15. The van der Waals surface area contributed by atoms with Gasteiger partial charge in [-0.1, -0.05) is 32.0 Å². The molecule has 0 saturated heterocycles. The quantitative estimate of drug-likeness (QED) is 0.508. The number of halogens is 6. The Labute approximate surface area is 185 Å². The Morgan fingerprint density at radius 3 is 2.31 bits per heavy atom. The van der Waals surface area contributed by atoms with Crippen LogP contribution >= 0.6 is 11.8 Å². The third-order valence-corrected chi connectivity index (χ3v) is 7.82. The molecule has 2 atom stereocenters. The topological polar surface area (TPSA) is 41.5 Å². The third-order valence-electron chi connectivity index (χ3n) is 6.56. The Morgan fingerprint density at radius 1 is 1.06 bits per heavy atom. The van der Waals surface area contributed by atoms with Crippen LogP contribution in [0.3, 0.4) is 0 Å². The predicted octanol–water partition coefficient (Wildman–Crippen LogP) is 6.17. The zero-order valence-corrected chi connectivity index (χ0v) is 18.2. The summed E-state index contributed by atoms with van der Waals surface area (Å²) in [7, 11) is 1.57. The summed E-state index contributed by atoms with van der Waals surface area (Å²) in [5.41, 5.74) is -5.26. The number of thioether (sulfide) groups is 1. The fourth-order valence-corrected chi connectivity index (χ4v) is 6.28. The first kappa shape index (κ1) is 23.1. The highest BCUT2D eigenvalue weighted by Gasteiger charge is 2.71. The van der Waals surface area contributed by atoms with Crippen LogP contribution in [0.5, 0.6) is 5.75 Å². The molecule has 0 spiro atoms. The van der Waals surface area contributed by atoms with Crippen LogP contribution in [-0.2, 0) is 11.0 Å². The lowest BCUT2D eigenvalue weighted by atomic mass is 9.65. The van der Waals surface area contributed by atoms with E-state index in [1.165, 1.54) is 6.07 Å². The molecule has 2 aliphatic heterocycles. The van der Waals surface area contributed by atoms with Gasteiger partial charge in [0.05, 0.1) is 18.0 Å². The van der Waals surface area contributed by atoms with Gasteiger partial charge in [0, 0.05) is 22.9 Å². The van der Waals surface area contributed by atoms with E-state index < -0.39 is 28.9 Å². The summed E-state index contributed by atoms with van der Waals surface area (Å²) in [6.07, 6.45) is -11.9. The first-order valence-corrected chi connectivity index (χ1v) is 10.8. The van der Waals surface area contributed by atoms with E-state index in [1.807, 2.05) is 18.2 Å². The van der Waals surface area contributed by atoms with Gasteiger partial charge in [-0.25, -0.2) is 0 Å². The van der Waals surface area contributed by atoms with E-state index in [0.29, 0.717) is 28.8 Å². The minimum atomic E-state index is -5.93. The van der Waals surface area contributed by atoms with E-state index in [-0.39, 0.29) is 12.0 Å². The Hall–Kier alpha value is -2.07. The van der Waals surface area contributed by atoms with Crippen molar-refractivity contribution in [3.05, 3.63) is 53.1 Å². The highest BCUT2D eigenvalue weighted by Crippen LogP contribution is 2.57. The van der Waals surface area contributed by atoms with Gasteiger partial charge in [-0.15, -0.1) is 11.8 Å². The molecule has 10 heteroatoms. The average molecular weight is 477 g/mol. The number of rotatable bonds is 2. The van der Waals surface area contributed by atoms with E-state index in [4.69, 9.17) is 4.74 Å². The molecule has 32 heavy (non-hydrogen) atoms. The summed E-state index contributed by atoms with van der Waals surface area (Å²) in [4.78, 5) is 0.961. The molecule has 4 rings (SSSR count). The van der Waals surface area contributed by atoms with E-state index in [2.05, 4.69) is 5.32 Å². The second-order valence-electron chi connectivity index (χ2n) is 8.61. The number of hydrogen-bond donors (Lipinski definition) is 2. The molecular weight excluding hydrogens is 456 g/mol. The molecule has 2 aromatic carbocycles. The van der Waals surface area contributed by atoms with Crippen molar-refractivity contribution in [1.29, 1.82) is 0 Å². The Balaban J connectivity index is 1.85. The van der Waals surface area contributed by atoms with Crippen molar-refractivity contribution in [2.24, 2.45) is 5.92 Å². The Morgan fingerprint density at radius 2 is 1.72 bits per heavy atom. The standard InChI is InChI=1S/C22H21F6NO2S/c1-19(2)13-9-11(20(30,21(23,24)25)22(26,27)28)7-8-15(13)29-17-12-5-4-6-16(31-3)18(12)32-10-14(17)19/h4-9,14,17,29-30H,10H2,1-3H3. The molecule has 3 nitrogen and oxygen atoms in total. The maximum absolute atomic E-state index is 13.4. The van der Waals surface area contributed by atoms with Crippen molar-refractivity contribution in [3.8, 4) is 5.75 Å². The predicted molar refractivity (Wildman–Crippen MR) is 109 cm³/mol. The highest BCUT2D eigenvalue weighted by molar-refractivity contribution is 7.99. The molecule has 0 bridgehead atoms. The molecule has 0 aliphatic carbocycles. The van der Waals surface area contributed by atoms with E-state index in [1.54, 1.807) is 32.7 Å². The number of methoxy groups -OCH3 is 1. The molecule has 2 unspecified atom stereocenters. The van der Waals surface area contributed by atoms with Crippen molar-refractivity contribution in [2.45, 2.75) is 48.2 Å². The van der Waals surface area contributed by atoms with Crippen LogP contribution in [0.2, 0.25) is 0 Å². The molecule has 0 fully saturated rings. The SMILES string of the molecule is COc1cccc2c1SCC1C2Nc2ccc(C(O)(C(F)(F)F)C(F)(F)F)cc2C1(C)C. The number of nitrogens with one attached hydrogen (secondary N) is 1. The number of ether oxygens (including phenoxy) is 1. The summed E-state index contributed by atoms with van der Waals surface area (Å²) in [5, 5.41) is 13.2. The highest BCUT2D eigenvalue weighted by atomic mass is 32.2. The van der Waals surface area contributed by atoms with Crippen LogP contribution in [0.15, 0.2) is 41.3 Å². The van der Waals surface area contributed by atoms with Crippen LogP contribution in [0, 0.1) is 5.92 Å². The van der Waals surface area contributed by atoms with E-state index in [0.717, 1.165) is 16.5 Å². The molecule has 0 amide bonds. The van der Waals surface area contributed by atoms with Crippen LogP contribution in [0.25, 0.3) is 0 Å². The molecule has 2 N–H and O–H groups in total. The zero-order valence-electron chi connectivity index (χ0n) is 17.4. The van der Waals surface area contributed by atoms with Crippen molar-refractivity contribution in [2.75, 3.05) is 18.2 Å². The maximum Gasteiger partial charge on any atom is 0.430 e. The summed E-state index contributed by atoms with van der Waals surface area (Å²) < 4.78 is 85.9. The van der Waals surface area contributed by atoms with Gasteiger partial charge in [0.25, 0.3) is 5.60 Å². The molecule has 0 radical (unpaired) electrons. The zero-order chi connectivity index (χ0) is 23.7. The van der Waals surface area contributed by atoms with Crippen molar-refractivity contribution in [3.63, 3.8) is 0 Å². The third kappa shape index (κ3) is 3.17. The second-order valence-corrected chi connectivity index (χ2v) is 9.64. The largest absolute Gasteiger partial charge is 0.496 e. The minimum Gasteiger partial charge on any atom is -0.496 e. The van der Waals surface area contributed by atoms with Crippen molar-refractivity contribution in [1.82, 2.24) is 0 Å². The van der Waals surface area contributed by atoms with E-state index in [9.17, 15) is 31.4 Å². The maximum atomic E-state index is 13.4. The number of alkyl halides is 6. The number of fused-ring (bicyclic) bond motifs is 4. The lowest BCUT2D eigenvalue weighted by Gasteiger charge is -2.49. The van der Waals surface area contributed by atoms with Gasteiger partial charge < -0.3 is 15.2 Å². The molecule has 0 aromatic heterocycles. The Kier molecular flexibility index (Phi) is 5.21. The second kappa shape index (κ2) is 7.21. The molecule has 174 valence electrons. The van der Waals surface area contributed by atoms with Crippen molar-refractivity contribution < 1.29 is 36.2 Å². The molecule has 0 saturated carbocycles. The van der Waals surface area contributed by atoms with Gasteiger partial charge in [0.1, 0.15) is 5.75 Å². The monoisotopic (exact) mass is 477 g/mol. The lowest BCUT2D eigenvalue weighted by molar-refractivity contribution is -0.376. The van der Waals surface area contributed by atoms with Crippen LogP contribution < -0.4 is 10.1 Å². The van der Waals surface area contributed by atoms with Gasteiger partial charge >= 0.3 is 12.4 Å². The summed E-state index contributed by atoms with van der Waals surface area (Å²) in [6.45, 7) is 3.61. The molecule has 2 aliphatic rings. The van der Waals surface area contributed by atoms with Crippen LogP contribution in [0.1, 0.15) is 36.6 Å². The van der Waals surface area contributed by atoms with Crippen molar-refractivity contribution >= 4 is 17.4 Å².